The van der Waals surface area contributed by atoms with Crippen LogP contribution in [0.25, 0.3) is 16.3 Å². The summed E-state index contributed by atoms with van der Waals surface area (Å²) >= 11 is 0. The van der Waals surface area contributed by atoms with Crippen LogP contribution in [0.5, 0.6) is 0 Å². The van der Waals surface area contributed by atoms with Crippen molar-refractivity contribution in [1.82, 2.24) is 15.1 Å². The number of ether oxygens (including phenoxy) is 1. The second-order valence-electron chi connectivity index (χ2n) is 8.53. The van der Waals surface area contributed by atoms with E-state index in [9.17, 15) is 9.59 Å². The molecule has 1 aliphatic rings. The van der Waals surface area contributed by atoms with E-state index in [1.54, 1.807) is 31.1 Å². The molecule has 0 bridgehead atoms. The van der Waals surface area contributed by atoms with Crippen molar-refractivity contribution in [3.05, 3.63) is 71.7 Å². The van der Waals surface area contributed by atoms with Crippen LogP contribution in [0.4, 0.5) is 0 Å². The lowest BCUT2D eigenvalue weighted by Crippen LogP contribution is -2.36. The molecule has 0 saturated heterocycles. The van der Waals surface area contributed by atoms with Gasteiger partial charge in [-0.3, -0.25) is 9.89 Å². The number of carbonyl (C=O) groups is 2. The summed E-state index contributed by atoms with van der Waals surface area (Å²) in [6.45, 7) is 8.07. The molecule has 6 nitrogen and oxygen atoms in total. The Kier molecular flexibility index (Phi) is 4.94. The number of nitrogens with zero attached hydrogens (tertiary/aromatic N) is 2. The SMILES string of the molecule is CC(C)OC(=O)C1=CN(C(=O)c2ccc3ccccc3c2)CC(C)(C)c2cn[nH]c21. The minimum atomic E-state index is -0.482. The van der Waals surface area contributed by atoms with Crippen LogP contribution in [-0.2, 0) is 14.9 Å². The van der Waals surface area contributed by atoms with Gasteiger partial charge in [-0.1, -0.05) is 44.2 Å². The number of rotatable bonds is 3. The molecule has 4 rings (SSSR count). The predicted molar refractivity (Wildman–Crippen MR) is 116 cm³/mol. The summed E-state index contributed by atoms with van der Waals surface area (Å²) in [6, 6.07) is 13.6. The van der Waals surface area contributed by atoms with Gasteiger partial charge < -0.3 is 9.64 Å². The van der Waals surface area contributed by atoms with Gasteiger partial charge in [0.25, 0.3) is 5.91 Å². The first-order chi connectivity index (χ1) is 14.3. The van der Waals surface area contributed by atoms with Gasteiger partial charge in [-0.15, -0.1) is 0 Å². The summed E-state index contributed by atoms with van der Waals surface area (Å²) in [6.07, 6.45) is 3.04. The van der Waals surface area contributed by atoms with Crippen molar-refractivity contribution in [3.8, 4) is 0 Å². The summed E-state index contributed by atoms with van der Waals surface area (Å²) in [4.78, 5) is 27.9. The molecule has 1 aliphatic heterocycles. The van der Waals surface area contributed by atoms with Gasteiger partial charge in [-0.25, -0.2) is 4.79 Å². The third-order valence-electron chi connectivity index (χ3n) is 5.31. The molecular formula is C24H25N3O3. The van der Waals surface area contributed by atoms with E-state index in [1.807, 2.05) is 56.3 Å². The van der Waals surface area contributed by atoms with Crippen molar-refractivity contribution in [2.45, 2.75) is 39.2 Å². The number of carbonyl (C=O) groups excluding carboxylic acids is 2. The summed E-state index contributed by atoms with van der Waals surface area (Å²) < 4.78 is 5.44. The van der Waals surface area contributed by atoms with Crippen molar-refractivity contribution in [3.63, 3.8) is 0 Å². The van der Waals surface area contributed by atoms with E-state index in [2.05, 4.69) is 10.2 Å². The number of aromatic amines is 1. The highest BCUT2D eigenvalue weighted by Crippen LogP contribution is 2.35. The number of nitrogens with one attached hydrogen (secondary N) is 1. The average Bonchev–Trinajstić information content (AvgIpc) is 3.16. The van der Waals surface area contributed by atoms with Gasteiger partial charge in [-0.2, -0.15) is 5.10 Å². The quantitative estimate of drug-likeness (QED) is 0.662. The Balaban J connectivity index is 1.78. The molecule has 1 aromatic heterocycles. The first-order valence-corrected chi connectivity index (χ1v) is 10.0. The Morgan fingerprint density at radius 3 is 2.60 bits per heavy atom. The van der Waals surface area contributed by atoms with Crippen LogP contribution in [-0.4, -0.2) is 39.6 Å². The smallest absolute Gasteiger partial charge is 0.342 e. The zero-order valence-electron chi connectivity index (χ0n) is 17.6. The fraction of sp³-hybridized carbons (Fsp3) is 0.292. The molecule has 1 N–H and O–H groups in total. The van der Waals surface area contributed by atoms with Crippen molar-refractivity contribution in [2.75, 3.05) is 6.54 Å². The third kappa shape index (κ3) is 3.61. The highest BCUT2D eigenvalue weighted by atomic mass is 16.5. The van der Waals surface area contributed by atoms with Gasteiger partial charge in [0.05, 0.1) is 18.0 Å². The number of aromatic nitrogens is 2. The normalized spacial score (nSPS) is 15.5. The number of benzene rings is 2. The second kappa shape index (κ2) is 7.44. The van der Waals surface area contributed by atoms with E-state index in [0.717, 1.165) is 16.3 Å². The van der Waals surface area contributed by atoms with Gasteiger partial charge in [0.15, 0.2) is 0 Å². The maximum atomic E-state index is 13.5. The molecule has 0 spiro atoms. The van der Waals surface area contributed by atoms with Crippen LogP contribution in [0, 0.1) is 0 Å². The number of H-pyrrole nitrogens is 1. The number of hydrogen-bond donors (Lipinski definition) is 1. The molecule has 1 amide bonds. The molecule has 2 aromatic carbocycles. The van der Waals surface area contributed by atoms with E-state index >= 15 is 0 Å². The Labute approximate surface area is 175 Å². The lowest BCUT2D eigenvalue weighted by molar-refractivity contribution is -0.140. The monoisotopic (exact) mass is 403 g/mol. The number of amides is 1. The maximum Gasteiger partial charge on any atom is 0.342 e. The first kappa shape index (κ1) is 19.9. The highest BCUT2D eigenvalue weighted by molar-refractivity contribution is 6.17. The fourth-order valence-corrected chi connectivity index (χ4v) is 3.83. The summed E-state index contributed by atoms with van der Waals surface area (Å²) in [5.41, 5.74) is 1.94. The van der Waals surface area contributed by atoms with E-state index in [0.29, 0.717) is 23.4 Å². The first-order valence-electron chi connectivity index (χ1n) is 10.0. The van der Waals surface area contributed by atoms with E-state index in [4.69, 9.17) is 4.74 Å². The average molecular weight is 403 g/mol. The Bertz CT molecular complexity index is 1160. The lowest BCUT2D eigenvalue weighted by atomic mass is 9.84. The Hall–Kier alpha value is -3.41. The summed E-state index contributed by atoms with van der Waals surface area (Å²) in [7, 11) is 0. The topological polar surface area (TPSA) is 75.3 Å². The van der Waals surface area contributed by atoms with Gasteiger partial charge in [0.1, 0.15) is 5.57 Å². The zero-order chi connectivity index (χ0) is 21.5. The van der Waals surface area contributed by atoms with Crippen molar-refractivity contribution >= 4 is 28.2 Å². The van der Waals surface area contributed by atoms with Crippen LogP contribution in [0.3, 0.4) is 0 Å². The zero-order valence-corrected chi connectivity index (χ0v) is 17.6. The molecule has 0 atom stereocenters. The van der Waals surface area contributed by atoms with Crippen molar-refractivity contribution in [2.24, 2.45) is 0 Å². The van der Waals surface area contributed by atoms with Crippen LogP contribution in [0.2, 0.25) is 0 Å². The van der Waals surface area contributed by atoms with Gasteiger partial charge in [-0.05, 0) is 36.8 Å². The molecule has 6 heteroatoms. The molecule has 3 aromatic rings. The van der Waals surface area contributed by atoms with Gasteiger partial charge in [0, 0.05) is 29.3 Å². The summed E-state index contributed by atoms with van der Waals surface area (Å²) in [5, 5.41) is 9.13. The minimum Gasteiger partial charge on any atom is -0.459 e. The largest absolute Gasteiger partial charge is 0.459 e. The van der Waals surface area contributed by atoms with Gasteiger partial charge >= 0.3 is 5.97 Å². The number of fused-ring (bicyclic) bond motifs is 2. The van der Waals surface area contributed by atoms with Gasteiger partial charge in [0.2, 0.25) is 0 Å². The molecule has 0 fully saturated rings. The Morgan fingerprint density at radius 2 is 1.87 bits per heavy atom. The molecule has 154 valence electrons. The third-order valence-corrected chi connectivity index (χ3v) is 5.31. The molecule has 0 saturated carbocycles. The van der Waals surface area contributed by atoms with Crippen molar-refractivity contribution < 1.29 is 14.3 Å². The lowest BCUT2D eigenvalue weighted by Gasteiger charge is -2.28. The van der Waals surface area contributed by atoms with Crippen LogP contribution in [0.1, 0.15) is 49.3 Å². The highest BCUT2D eigenvalue weighted by Gasteiger charge is 2.36. The second-order valence-corrected chi connectivity index (χ2v) is 8.53. The minimum absolute atomic E-state index is 0.165. The van der Waals surface area contributed by atoms with Crippen LogP contribution >= 0.6 is 0 Å². The van der Waals surface area contributed by atoms with Crippen molar-refractivity contribution in [1.29, 1.82) is 0 Å². The fourth-order valence-electron chi connectivity index (χ4n) is 3.83. The standard InChI is InChI=1S/C24H25N3O3/c1-15(2)30-23(29)19-13-27(14-24(3,4)20-12-25-26-21(19)20)22(28)18-10-9-16-7-5-6-8-17(16)11-18/h5-13,15H,14H2,1-4H3,(H,25,26). The number of hydrogen-bond acceptors (Lipinski definition) is 4. The molecule has 2 heterocycles. The Morgan fingerprint density at radius 1 is 1.13 bits per heavy atom. The summed E-state index contributed by atoms with van der Waals surface area (Å²) in [5.74, 6) is -0.647. The number of esters is 1. The predicted octanol–water partition coefficient (Wildman–Crippen LogP) is 4.29. The molecule has 30 heavy (non-hydrogen) atoms. The molecule has 0 aliphatic carbocycles. The van der Waals surface area contributed by atoms with E-state index in [-0.39, 0.29) is 12.0 Å². The molecular weight excluding hydrogens is 378 g/mol. The van der Waals surface area contributed by atoms with E-state index in [1.165, 1.54) is 0 Å². The van der Waals surface area contributed by atoms with Crippen LogP contribution < -0.4 is 0 Å². The van der Waals surface area contributed by atoms with Crippen LogP contribution in [0.15, 0.2) is 54.9 Å². The van der Waals surface area contributed by atoms with E-state index < -0.39 is 11.4 Å². The molecule has 0 unspecified atom stereocenters. The maximum absolute atomic E-state index is 13.5. The molecule has 0 radical (unpaired) electrons.